The topological polar surface area (TPSA) is 58.2 Å². The highest BCUT2D eigenvalue weighted by molar-refractivity contribution is 6.13. The first kappa shape index (κ1) is 10.5. The molecule has 2 amide bonds. The average molecular weight is 230 g/mol. The monoisotopic (exact) mass is 230 g/mol. The minimum absolute atomic E-state index is 0.136. The molecule has 2 heterocycles. The molecule has 17 heavy (non-hydrogen) atoms. The van der Waals surface area contributed by atoms with Crippen molar-refractivity contribution in [3.8, 4) is 0 Å². The third kappa shape index (κ3) is 1.41. The Morgan fingerprint density at radius 1 is 1.06 bits per heavy atom. The molecule has 0 aliphatic carbocycles. The predicted molar refractivity (Wildman–Crippen MR) is 62.7 cm³/mol. The van der Waals surface area contributed by atoms with E-state index in [0.717, 1.165) is 31.5 Å². The number of rotatable bonds is 0. The molecule has 0 saturated carbocycles. The van der Waals surface area contributed by atoms with Crippen LogP contribution >= 0.6 is 0 Å². The van der Waals surface area contributed by atoms with Crippen molar-refractivity contribution in [3.05, 3.63) is 35.4 Å². The molecular weight excluding hydrogens is 216 g/mol. The largest absolute Gasteiger partial charge is 0.317 e. The number of imide groups is 1. The smallest absolute Gasteiger partial charge is 0.258 e. The SMILES string of the molecule is O=C1NC(=O)C2(CCNCC2)c2ccccc21. The van der Waals surface area contributed by atoms with Crippen LogP contribution < -0.4 is 10.6 Å². The lowest BCUT2D eigenvalue weighted by atomic mass is 9.69. The fraction of sp³-hybridized carbons (Fsp3) is 0.385. The third-order valence-corrected chi connectivity index (χ3v) is 3.81. The quantitative estimate of drug-likeness (QED) is 0.641. The molecular formula is C13H14N2O2. The number of piperidine rings is 1. The number of nitrogens with one attached hydrogen (secondary N) is 2. The van der Waals surface area contributed by atoms with Crippen LogP contribution in [0.2, 0.25) is 0 Å². The van der Waals surface area contributed by atoms with Gasteiger partial charge in [0.15, 0.2) is 0 Å². The second-order valence-corrected chi connectivity index (χ2v) is 4.66. The summed E-state index contributed by atoms with van der Waals surface area (Å²) in [5, 5.41) is 5.74. The molecule has 0 aromatic heterocycles. The van der Waals surface area contributed by atoms with E-state index >= 15 is 0 Å². The van der Waals surface area contributed by atoms with Gasteiger partial charge in [-0.2, -0.15) is 0 Å². The van der Waals surface area contributed by atoms with E-state index in [4.69, 9.17) is 0 Å². The third-order valence-electron chi connectivity index (χ3n) is 3.81. The van der Waals surface area contributed by atoms with E-state index in [2.05, 4.69) is 10.6 Å². The van der Waals surface area contributed by atoms with E-state index in [1.807, 2.05) is 18.2 Å². The fourth-order valence-corrected chi connectivity index (χ4v) is 2.86. The highest BCUT2D eigenvalue weighted by Crippen LogP contribution is 2.38. The summed E-state index contributed by atoms with van der Waals surface area (Å²) in [5.74, 6) is -0.405. The van der Waals surface area contributed by atoms with E-state index in [9.17, 15) is 9.59 Å². The van der Waals surface area contributed by atoms with Crippen molar-refractivity contribution in [2.75, 3.05) is 13.1 Å². The van der Waals surface area contributed by atoms with Crippen LogP contribution in [-0.4, -0.2) is 24.9 Å². The summed E-state index contributed by atoms with van der Waals surface area (Å²) in [7, 11) is 0. The lowest BCUT2D eigenvalue weighted by Crippen LogP contribution is -2.56. The van der Waals surface area contributed by atoms with Crippen LogP contribution in [0.4, 0.5) is 0 Å². The van der Waals surface area contributed by atoms with Crippen molar-refractivity contribution in [2.45, 2.75) is 18.3 Å². The molecule has 1 saturated heterocycles. The lowest BCUT2D eigenvalue weighted by molar-refractivity contribution is -0.127. The van der Waals surface area contributed by atoms with Crippen LogP contribution in [0.1, 0.15) is 28.8 Å². The minimum Gasteiger partial charge on any atom is -0.317 e. The zero-order valence-electron chi connectivity index (χ0n) is 9.45. The molecule has 2 aliphatic rings. The summed E-state index contributed by atoms with van der Waals surface area (Å²) < 4.78 is 0. The summed E-state index contributed by atoms with van der Waals surface area (Å²) in [4.78, 5) is 24.0. The van der Waals surface area contributed by atoms with E-state index in [-0.39, 0.29) is 11.8 Å². The number of carbonyl (C=O) groups excluding carboxylic acids is 2. The Balaban J connectivity index is 2.18. The molecule has 2 N–H and O–H groups in total. The minimum atomic E-state index is -0.504. The molecule has 4 nitrogen and oxygen atoms in total. The summed E-state index contributed by atoms with van der Waals surface area (Å²) >= 11 is 0. The van der Waals surface area contributed by atoms with E-state index < -0.39 is 5.41 Å². The molecule has 88 valence electrons. The van der Waals surface area contributed by atoms with Gasteiger partial charge in [-0.05, 0) is 37.6 Å². The Morgan fingerprint density at radius 3 is 2.53 bits per heavy atom. The molecule has 0 unspecified atom stereocenters. The fourth-order valence-electron chi connectivity index (χ4n) is 2.86. The Morgan fingerprint density at radius 2 is 1.76 bits per heavy atom. The first-order chi connectivity index (χ1) is 8.24. The highest BCUT2D eigenvalue weighted by Gasteiger charge is 2.46. The normalized spacial score (nSPS) is 22.1. The first-order valence-corrected chi connectivity index (χ1v) is 5.90. The average Bonchev–Trinajstić information content (AvgIpc) is 2.38. The number of fused-ring (bicyclic) bond motifs is 2. The maximum atomic E-state index is 12.2. The van der Waals surface area contributed by atoms with Crippen LogP contribution in [-0.2, 0) is 10.2 Å². The van der Waals surface area contributed by atoms with Gasteiger partial charge >= 0.3 is 0 Å². The van der Waals surface area contributed by atoms with E-state index in [1.54, 1.807) is 6.07 Å². The zero-order valence-corrected chi connectivity index (χ0v) is 9.45. The molecule has 3 rings (SSSR count). The number of hydrogen-bond acceptors (Lipinski definition) is 3. The maximum absolute atomic E-state index is 12.2. The van der Waals surface area contributed by atoms with Crippen LogP contribution in [0.15, 0.2) is 24.3 Å². The Bertz CT molecular complexity index is 490. The molecule has 4 heteroatoms. The second-order valence-electron chi connectivity index (χ2n) is 4.66. The van der Waals surface area contributed by atoms with Gasteiger partial charge in [-0.25, -0.2) is 0 Å². The molecule has 1 aromatic rings. The van der Waals surface area contributed by atoms with Crippen molar-refractivity contribution in [1.29, 1.82) is 0 Å². The van der Waals surface area contributed by atoms with Crippen molar-refractivity contribution in [2.24, 2.45) is 0 Å². The van der Waals surface area contributed by atoms with Crippen molar-refractivity contribution >= 4 is 11.8 Å². The first-order valence-electron chi connectivity index (χ1n) is 5.90. The van der Waals surface area contributed by atoms with Gasteiger partial charge in [0.05, 0.1) is 5.41 Å². The standard InChI is InChI=1S/C13H14N2O2/c16-11-9-3-1-2-4-10(9)13(12(17)15-11)5-7-14-8-6-13/h1-4,14H,5-8H2,(H,15,16,17). The lowest BCUT2D eigenvalue weighted by Gasteiger charge is -2.40. The molecule has 1 fully saturated rings. The molecule has 2 aliphatic heterocycles. The number of amides is 2. The maximum Gasteiger partial charge on any atom is 0.258 e. The Labute approximate surface area is 99.4 Å². The summed E-state index contributed by atoms with van der Waals surface area (Å²) in [6.07, 6.45) is 1.51. The van der Waals surface area contributed by atoms with Crippen LogP contribution in [0.3, 0.4) is 0 Å². The number of carbonyl (C=O) groups is 2. The molecule has 0 bridgehead atoms. The number of benzene rings is 1. The molecule has 1 aromatic carbocycles. The van der Waals surface area contributed by atoms with Gasteiger partial charge in [0, 0.05) is 5.56 Å². The highest BCUT2D eigenvalue weighted by atomic mass is 16.2. The van der Waals surface area contributed by atoms with Crippen LogP contribution in [0.5, 0.6) is 0 Å². The van der Waals surface area contributed by atoms with Gasteiger partial charge in [0.25, 0.3) is 5.91 Å². The van der Waals surface area contributed by atoms with E-state index in [0.29, 0.717) is 5.56 Å². The molecule has 1 spiro atoms. The molecule has 0 radical (unpaired) electrons. The number of hydrogen-bond donors (Lipinski definition) is 2. The van der Waals surface area contributed by atoms with Crippen molar-refractivity contribution < 1.29 is 9.59 Å². The van der Waals surface area contributed by atoms with Gasteiger partial charge in [-0.1, -0.05) is 18.2 Å². The van der Waals surface area contributed by atoms with Gasteiger partial charge in [0.1, 0.15) is 0 Å². The zero-order chi connectivity index (χ0) is 11.9. The van der Waals surface area contributed by atoms with E-state index in [1.165, 1.54) is 0 Å². The van der Waals surface area contributed by atoms with Gasteiger partial charge in [-0.3, -0.25) is 14.9 Å². The van der Waals surface area contributed by atoms with Gasteiger partial charge in [-0.15, -0.1) is 0 Å². The summed E-state index contributed by atoms with van der Waals surface area (Å²) in [5.41, 5.74) is 1.04. The van der Waals surface area contributed by atoms with Crippen molar-refractivity contribution in [3.63, 3.8) is 0 Å². The van der Waals surface area contributed by atoms with Crippen LogP contribution in [0.25, 0.3) is 0 Å². The summed E-state index contributed by atoms with van der Waals surface area (Å²) in [6.45, 7) is 1.63. The Kier molecular flexibility index (Phi) is 2.26. The Hall–Kier alpha value is -1.68. The second kappa shape index (κ2) is 3.67. The van der Waals surface area contributed by atoms with Gasteiger partial charge in [0.2, 0.25) is 5.91 Å². The summed E-state index contributed by atoms with van der Waals surface area (Å²) in [6, 6.07) is 7.44. The van der Waals surface area contributed by atoms with Crippen molar-refractivity contribution in [1.82, 2.24) is 10.6 Å². The van der Waals surface area contributed by atoms with Crippen LogP contribution in [0, 0.1) is 0 Å². The molecule has 0 atom stereocenters. The van der Waals surface area contributed by atoms with Gasteiger partial charge < -0.3 is 5.32 Å². The predicted octanol–water partition coefficient (Wildman–Crippen LogP) is 0.578.